The number of esters is 1. The molecule has 1 aromatic carbocycles. The number of aromatic nitrogens is 3. The second kappa shape index (κ2) is 7.70. The number of hydrogen-bond donors (Lipinski definition) is 0. The van der Waals surface area contributed by atoms with Crippen LogP contribution >= 0.6 is 11.3 Å². The van der Waals surface area contributed by atoms with Crippen LogP contribution in [0.3, 0.4) is 0 Å². The van der Waals surface area contributed by atoms with Crippen molar-refractivity contribution in [1.29, 1.82) is 0 Å². The number of aryl methyl sites for hydroxylation is 2. The smallest absolute Gasteiger partial charge is 0.326 e. The summed E-state index contributed by atoms with van der Waals surface area (Å²) in [5, 5.41) is 4.30. The molecule has 0 fully saturated rings. The molecule has 29 heavy (non-hydrogen) atoms. The van der Waals surface area contributed by atoms with Crippen molar-refractivity contribution in [3.05, 3.63) is 34.4 Å². The molecule has 1 aliphatic rings. The number of nitrogens with zero attached hydrogens (tertiary/aromatic N) is 4. The van der Waals surface area contributed by atoms with E-state index in [1.54, 1.807) is 28.3 Å². The van der Waals surface area contributed by atoms with E-state index in [4.69, 9.17) is 14.2 Å². The third kappa shape index (κ3) is 3.63. The van der Waals surface area contributed by atoms with E-state index in [1.165, 1.54) is 11.3 Å². The van der Waals surface area contributed by atoms with Crippen molar-refractivity contribution in [2.45, 2.75) is 33.9 Å². The first-order valence-electron chi connectivity index (χ1n) is 9.22. The van der Waals surface area contributed by atoms with Gasteiger partial charge in [-0.2, -0.15) is 10.1 Å². The molecule has 0 radical (unpaired) electrons. The van der Waals surface area contributed by atoms with Crippen LogP contribution in [-0.4, -0.2) is 39.6 Å². The van der Waals surface area contributed by atoms with E-state index in [2.05, 4.69) is 10.1 Å². The number of ether oxygens (including phenoxy) is 3. The minimum absolute atomic E-state index is 0.0638. The largest absolute Gasteiger partial charge is 0.465 e. The van der Waals surface area contributed by atoms with Gasteiger partial charge in [-0.15, -0.1) is 0 Å². The fraction of sp³-hybridized carbons (Fsp3) is 0.368. The summed E-state index contributed by atoms with van der Waals surface area (Å²) in [6.45, 7) is 6.40. The minimum atomic E-state index is -0.420. The molecule has 152 valence electrons. The van der Waals surface area contributed by atoms with Gasteiger partial charge >= 0.3 is 5.97 Å². The maximum Gasteiger partial charge on any atom is 0.326 e. The lowest BCUT2D eigenvalue weighted by atomic mass is 10.3. The van der Waals surface area contributed by atoms with Crippen LogP contribution in [0.2, 0.25) is 0 Å². The first-order valence-corrected chi connectivity index (χ1v) is 10.0. The Hall–Kier alpha value is -3.14. The van der Waals surface area contributed by atoms with Gasteiger partial charge in [0.05, 0.1) is 22.5 Å². The summed E-state index contributed by atoms with van der Waals surface area (Å²) < 4.78 is 20.1. The van der Waals surface area contributed by atoms with E-state index in [9.17, 15) is 9.59 Å². The zero-order valence-electron chi connectivity index (χ0n) is 16.3. The Balaban J connectivity index is 1.84. The monoisotopic (exact) mass is 416 g/mol. The number of carbonyl (C=O) groups is 2. The quantitative estimate of drug-likeness (QED) is 0.592. The third-order valence-corrected chi connectivity index (χ3v) is 5.43. The van der Waals surface area contributed by atoms with Gasteiger partial charge in [-0.3, -0.25) is 14.3 Å². The summed E-state index contributed by atoms with van der Waals surface area (Å²) >= 11 is 1.30. The predicted octanol–water partition coefficient (Wildman–Crippen LogP) is 2.26. The maximum absolute atomic E-state index is 12.8. The van der Waals surface area contributed by atoms with E-state index >= 15 is 0 Å². The van der Waals surface area contributed by atoms with Crippen LogP contribution in [0.15, 0.2) is 23.2 Å². The van der Waals surface area contributed by atoms with Gasteiger partial charge in [0.1, 0.15) is 12.2 Å². The molecule has 3 heterocycles. The van der Waals surface area contributed by atoms with Gasteiger partial charge in [-0.05, 0) is 26.8 Å². The fourth-order valence-electron chi connectivity index (χ4n) is 3.14. The van der Waals surface area contributed by atoms with Crippen LogP contribution < -0.4 is 14.3 Å². The number of amides is 1. The zero-order valence-corrected chi connectivity index (χ0v) is 17.1. The van der Waals surface area contributed by atoms with Crippen molar-refractivity contribution in [2.75, 3.05) is 13.4 Å². The summed E-state index contributed by atoms with van der Waals surface area (Å²) in [7, 11) is 0. The van der Waals surface area contributed by atoms with E-state index in [-0.39, 0.29) is 19.9 Å². The molecule has 0 spiro atoms. The molecule has 1 amide bonds. The van der Waals surface area contributed by atoms with Crippen LogP contribution in [0.4, 0.5) is 0 Å². The summed E-state index contributed by atoms with van der Waals surface area (Å²) in [5.41, 5.74) is 1.87. The van der Waals surface area contributed by atoms with Crippen molar-refractivity contribution in [2.24, 2.45) is 4.99 Å². The molecule has 1 aliphatic heterocycles. The molecule has 0 atom stereocenters. The standard InChI is InChI=1S/C19H20N4O5S/c1-4-23-13(6-11(3)21-23)18(25)20-19-22(9-17(24)26-5-2)12-7-14-15(28-10-27-14)8-16(12)29-19/h6-8H,4-5,9-10H2,1-3H3. The lowest BCUT2D eigenvalue weighted by Gasteiger charge is -2.06. The molecule has 9 nitrogen and oxygen atoms in total. The Labute approximate surface area is 170 Å². The first-order chi connectivity index (χ1) is 14.0. The highest BCUT2D eigenvalue weighted by Gasteiger charge is 2.20. The number of benzene rings is 1. The SMILES string of the molecule is CCOC(=O)Cn1c(=NC(=O)c2cc(C)nn2CC)sc2cc3c(cc21)OCO3. The van der Waals surface area contributed by atoms with Gasteiger partial charge < -0.3 is 18.8 Å². The molecule has 4 rings (SSSR count). The summed E-state index contributed by atoms with van der Waals surface area (Å²) in [4.78, 5) is 29.7. The summed E-state index contributed by atoms with van der Waals surface area (Å²) in [5.74, 6) is 0.384. The van der Waals surface area contributed by atoms with E-state index in [0.717, 1.165) is 15.9 Å². The number of rotatable bonds is 5. The molecular formula is C19H20N4O5S. The molecule has 0 saturated carbocycles. The molecule has 0 aliphatic carbocycles. The average Bonchev–Trinajstić information content (AvgIpc) is 3.37. The summed E-state index contributed by atoms with van der Waals surface area (Å²) in [6, 6.07) is 5.32. The lowest BCUT2D eigenvalue weighted by molar-refractivity contribution is -0.143. The number of hydrogen-bond acceptors (Lipinski definition) is 7. The van der Waals surface area contributed by atoms with Crippen molar-refractivity contribution >= 4 is 33.4 Å². The highest BCUT2D eigenvalue weighted by atomic mass is 32.1. The van der Waals surface area contributed by atoms with Crippen molar-refractivity contribution < 1.29 is 23.8 Å². The van der Waals surface area contributed by atoms with Crippen LogP contribution in [0.5, 0.6) is 11.5 Å². The normalized spacial score (nSPS) is 13.3. The third-order valence-electron chi connectivity index (χ3n) is 4.39. The minimum Gasteiger partial charge on any atom is -0.465 e. The number of thiazole rings is 1. The van der Waals surface area contributed by atoms with Gasteiger partial charge in [-0.1, -0.05) is 11.3 Å². The highest BCUT2D eigenvalue weighted by molar-refractivity contribution is 7.16. The van der Waals surface area contributed by atoms with Crippen LogP contribution in [0, 0.1) is 6.92 Å². The van der Waals surface area contributed by atoms with E-state index in [1.807, 2.05) is 19.9 Å². The molecule has 0 N–H and O–H groups in total. The van der Waals surface area contributed by atoms with Gasteiger partial charge in [-0.25, -0.2) is 0 Å². The molecule has 10 heteroatoms. The number of fused-ring (bicyclic) bond motifs is 2. The van der Waals surface area contributed by atoms with Crippen LogP contribution in [0.25, 0.3) is 10.2 Å². The van der Waals surface area contributed by atoms with Gasteiger partial charge in [0, 0.05) is 18.7 Å². The van der Waals surface area contributed by atoms with Crippen molar-refractivity contribution in [1.82, 2.24) is 14.3 Å². The van der Waals surface area contributed by atoms with Crippen molar-refractivity contribution in [3.8, 4) is 11.5 Å². The molecule has 3 aromatic rings. The van der Waals surface area contributed by atoms with Gasteiger partial charge in [0.2, 0.25) is 6.79 Å². The zero-order chi connectivity index (χ0) is 20.5. The fourth-order valence-corrected chi connectivity index (χ4v) is 4.17. The Kier molecular flexibility index (Phi) is 5.10. The molecular weight excluding hydrogens is 396 g/mol. The molecule has 0 saturated heterocycles. The topological polar surface area (TPSA) is 96.9 Å². The average molecular weight is 416 g/mol. The Morgan fingerprint density at radius 3 is 2.72 bits per heavy atom. The first kappa shape index (κ1) is 19.2. The van der Waals surface area contributed by atoms with E-state index in [0.29, 0.717) is 28.5 Å². The lowest BCUT2D eigenvalue weighted by Crippen LogP contribution is -2.23. The second-order valence-corrected chi connectivity index (χ2v) is 7.36. The predicted molar refractivity (Wildman–Crippen MR) is 105 cm³/mol. The molecule has 2 aromatic heterocycles. The van der Waals surface area contributed by atoms with E-state index < -0.39 is 11.9 Å². The van der Waals surface area contributed by atoms with Gasteiger partial charge in [0.25, 0.3) is 5.91 Å². The molecule has 0 bridgehead atoms. The number of carbonyl (C=O) groups excluding carboxylic acids is 2. The Bertz CT molecular complexity index is 1170. The Morgan fingerprint density at radius 2 is 2.00 bits per heavy atom. The Morgan fingerprint density at radius 1 is 1.24 bits per heavy atom. The highest BCUT2D eigenvalue weighted by Crippen LogP contribution is 2.37. The second-order valence-electron chi connectivity index (χ2n) is 6.35. The van der Waals surface area contributed by atoms with Gasteiger partial charge in [0.15, 0.2) is 16.3 Å². The maximum atomic E-state index is 12.8. The summed E-state index contributed by atoms with van der Waals surface area (Å²) in [6.07, 6.45) is 0. The van der Waals surface area contributed by atoms with Crippen molar-refractivity contribution in [3.63, 3.8) is 0 Å². The van der Waals surface area contributed by atoms with Crippen LogP contribution in [-0.2, 0) is 22.6 Å². The molecule has 0 unspecified atom stereocenters. The van der Waals surface area contributed by atoms with Crippen LogP contribution in [0.1, 0.15) is 30.0 Å².